The van der Waals surface area contributed by atoms with Crippen molar-refractivity contribution in [1.82, 2.24) is 4.98 Å². The minimum Gasteiger partial charge on any atom is -0.380 e. The summed E-state index contributed by atoms with van der Waals surface area (Å²) in [6, 6.07) is 17.8. The van der Waals surface area contributed by atoms with Gasteiger partial charge < -0.3 is 10.6 Å². The molecule has 126 valence electrons. The molecule has 0 saturated carbocycles. The van der Waals surface area contributed by atoms with Gasteiger partial charge in [0.15, 0.2) is 0 Å². The minimum absolute atomic E-state index is 0.166. The number of benzene rings is 2. The van der Waals surface area contributed by atoms with Crippen molar-refractivity contribution in [3.05, 3.63) is 89.2 Å². The van der Waals surface area contributed by atoms with E-state index in [4.69, 9.17) is 0 Å². The lowest BCUT2D eigenvalue weighted by molar-refractivity contribution is 0.102. The van der Waals surface area contributed by atoms with Crippen LogP contribution in [-0.2, 0) is 6.54 Å². The summed E-state index contributed by atoms with van der Waals surface area (Å²) in [6.07, 6.45) is 3.30. The van der Waals surface area contributed by atoms with Gasteiger partial charge in [0.1, 0.15) is 0 Å². The number of para-hydroxylation sites is 1. The molecule has 0 aliphatic carbocycles. The number of nitrogens with one attached hydrogen (secondary N) is 2. The molecule has 0 spiro atoms. The monoisotopic (exact) mass is 331 g/mol. The lowest BCUT2D eigenvalue weighted by Gasteiger charge is -2.10. The van der Waals surface area contributed by atoms with E-state index in [0.717, 1.165) is 16.9 Å². The fraction of sp³-hybridized carbons (Fsp3) is 0.143. The van der Waals surface area contributed by atoms with Crippen molar-refractivity contribution in [1.29, 1.82) is 0 Å². The molecular weight excluding hydrogens is 310 g/mol. The lowest BCUT2D eigenvalue weighted by Crippen LogP contribution is -2.13. The van der Waals surface area contributed by atoms with Crippen molar-refractivity contribution < 1.29 is 4.79 Å². The Hall–Kier alpha value is -3.14. The van der Waals surface area contributed by atoms with Crippen molar-refractivity contribution in [2.45, 2.75) is 20.4 Å². The van der Waals surface area contributed by atoms with Crippen LogP contribution in [0.4, 0.5) is 11.4 Å². The molecule has 2 aromatic carbocycles. The fourth-order valence-corrected chi connectivity index (χ4v) is 2.59. The van der Waals surface area contributed by atoms with E-state index in [1.807, 2.05) is 43.3 Å². The first-order valence-corrected chi connectivity index (χ1v) is 8.23. The highest BCUT2D eigenvalue weighted by molar-refractivity contribution is 6.04. The van der Waals surface area contributed by atoms with Crippen LogP contribution >= 0.6 is 0 Å². The summed E-state index contributed by atoms with van der Waals surface area (Å²) in [6.45, 7) is 4.72. The number of carbonyl (C=O) groups excluding carboxylic acids is 1. The highest BCUT2D eigenvalue weighted by Crippen LogP contribution is 2.16. The highest BCUT2D eigenvalue weighted by atomic mass is 16.1. The van der Waals surface area contributed by atoms with Crippen LogP contribution in [0.2, 0.25) is 0 Å². The molecule has 3 aromatic rings. The third-order valence-corrected chi connectivity index (χ3v) is 3.97. The summed E-state index contributed by atoms with van der Waals surface area (Å²) in [5, 5.41) is 6.24. The summed E-state index contributed by atoms with van der Waals surface area (Å²) in [4.78, 5) is 16.6. The van der Waals surface area contributed by atoms with Gasteiger partial charge in [0, 0.05) is 24.6 Å². The number of nitrogens with zero attached hydrogens (tertiary/aromatic N) is 1. The second-order valence-electron chi connectivity index (χ2n) is 6.07. The summed E-state index contributed by atoms with van der Waals surface area (Å²) in [5.74, 6) is -0.166. The number of rotatable bonds is 5. The van der Waals surface area contributed by atoms with Gasteiger partial charge in [-0.3, -0.25) is 9.78 Å². The van der Waals surface area contributed by atoms with Crippen LogP contribution in [0, 0.1) is 13.8 Å². The number of aromatic nitrogens is 1. The number of anilines is 2. The van der Waals surface area contributed by atoms with E-state index in [0.29, 0.717) is 12.1 Å². The normalized spacial score (nSPS) is 10.3. The molecule has 0 unspecified atom stereocenters. The molecule has 0 radical (unpaired) electrons. The SMILES string of the molecule is Cc1cccc(CNc2cncc(C(=O)Nc3ccccc3C)c2)c1. The van der Waals surface area contributed by atoms with Crippen LogP contribution in [0.3, 0.4) is 0 Å². The molecule has 25 heavy (non-hydrogen) atoms. The number of hydrogen-bond donors (Lipinski definition) is 2. The highest BCUT2D eigenvalue weighted by Gasteiger charge is 2.09. The number of carbonyl (C=O) groups is 1. The molecule has 1 aromatic heterocycles. The first-order chi connectivity index (χ1) is 12.1. The molecule has 3 rings (SSSR count). The Morgan fingerprint density at radius 2 is 1.84 bits per heavy atom. The van der Waals surface area contributed by atoms with Crippen molar-refractivity contribution in [2.24, 2.45) is 0 Å². The van der Waals surface area contributed by atoms with E-state index in [9.17, 15) is 4.79 Å². The van der Waals surface area contributed by atoms with Gasteiger partial charge >= 0.3 is 0 Å². The molecular formula is C21H21N3O. The molecule has 0 fully saturated rings. The van der Waals surface area contributed by atoms with Crippen LogP contribution in [0.5, 0.6) is 0 Å². The van der Waals surface area contributed by atoms with Gasteiger partial charge in [-0.05, 0) is 37.1 Å². The third-order valence-electron chi connectivity index (χ3n) is 3.97. The van der Waals surface area contributed by atoms with E-state index in [2.05, 4.69) is 40.7 Å². The van der Waals surface area contributed by atoms with E-state index < -0.39 is 0 Å². The van der Waals surface area contributed by atoms with Crippen LogP contribution in [-0.4, -0.2) is 10.9 Å². The Labute approximate surface area is 147 Å². The van der Waals surface area contributed by atoms with Crippen molar-refractivity contribution >= 4 is 17.3 Å². The van der Waals surface area contributed by atoms with E-state index in [-0.39, 0.29) is 5.91 Å². The molecule has 0 aliphatic rings. The second-order valence-corrected chi connectivity index (χ2v) is 6.07. The molecule has 0 aliphatic heterocycles. The topological polar surface area (TPSA) is 54.0 Å². The second kappa shape index (κ2) is 7.62. The molecule has 0 bridgehead atoms. The lowest BCUT2D eigenvalue weighted by atomic mass is 10.1. The number of hydrogen-bond acceptors (Lipinski definition) is 3. The van der Waals surface area contributed by atoms with Crippen LogP contribution in [0.1, 0.15) is 27.0 Å². The van der Waals surface area contributed by atoms with Gasteiger partial charge in [0.2, 0.25) is 0 Å². The van der Waals surface area contributed by atoms with Gasteiger partial charge in [-0.2, -0.15) is 0 Å². The average Bonchev–Trinajstić information content (AvgIpc) is 2.62. The van der Waals surface area contributed by atoms with E-state index >= 15 is 0 Å². The van der Waals surface area contributed by atoms with Gasteiger partial charge in [0.25, 0.3) is 5.91 Å². The summed E-state index contributed by atoms with van der Waals surface area (Å²) < 4.78 is 0. The van der Waals surface area contributed by atoms with Crippen molar-refractivity contribution in [3.8, 4) is 0 Å². The zero-order valence-corrected chi connectivity index (χ0v) is 14.4. The van der Waals surface area contributed by atoms with Gasteiger partial charge in [-0.15, -0.1) is 0 Å². The third kappa shape index (κ3) is 4.44. The summed E-state index contributed by atoms with van der Waals surface area (Å²) in [7, 11) is 0. The first kappa shape index (κ1) is 16.7. The maximum absolute atomic E-state index is 12.5. The van der Waals surface area contributed by atoms with Crippen molar-refractivity contribution in [2.75, 3.05) is 10.6 Å². The van der Waals surface area contributed by atoms with Crippen LogP contribution in [0.25, 0.3) is 0 Å². The van der Waals surface area contributed by atoms with E-state index in [1.54, 1.807) is 12.4 Å². The maximum Gasteiger partial charge on any atom is 0.257 e. The molecule has 0 saturated heterocycles. The Bertz CT molecular complexity index is 890. The molecule has 4 heteroatoms. The summed E-state index contributed by atoms with van der Waals surface area (Å²) >= 11 is 0. The van der Waals surface area contributed by atoms with Crippen LogP contribution < -0.4 is 10.6 Å². The fourth-order valence-electron chi connectivity index (χ4n) is 2.59. The van der Waals surface area contributed by atoms with Gasteiger partial charge in [-0.1, -0.05) is 48.0 Å². The minimum atomic E-state index is -0.166. The Morgan fingerprint density at radius 1 is 1.00 bits per heavy atom. The number of amides is 1. The summed E-state index contributed by atoms with van der Waals surface area (Å²) in [5.41, 5.74) is 5.60. The molecule has 2 N–H and O–H groups in total. The zero-order valence-electron chi connectivity index (χ0n) is 14.4. The number of pyridine rings is 1. The molecule has 4 nitrogen and oxygen atoms in total. The van der Waals surface area contributed by atoms with Gasteiger partial charge in [-0.25, -0.2) is 0 Å². The quantitative estimate of drug-likeness (QED) is 0.720. The first-order valence-electron chi connectivity index (χ1n) is 8.23. The number of aryl methyl sites for hydroxylation is 2. The Balaban J connectivity index is 1.68. The predicted molar refractivity (Wildman–Crippen MR) is 102 cm³/mol. The smallest absolute Gasteiger partial charge is 0.257 e. The Morgan fingerprint density at radius 3 is 2.64 bits per heavy atom. The largest absolute Gasteiger partial charge is 0.380 e. The van der Waals surface area contributed by atoms with Crippen LogP contribution in [0.15, 0.2) is 67.0 Å². The predicted octanol–water partition coefficient (Wildman–Crippen LogP) is 4.56. The Kier molecular flexibility index (Phi) is 5.09. The zero-order chi connectivity index (χ0) is 17.6. The van der Waals surface area contributed by atoms with Gasteiger partial charge in [0.05, 0.1) is 11.3 Å². The maximum atomic E-state index is 12.5. The molecule has 1 heterocycles. The standard InChI is InChI=1S/C21H21N3O/c1-15-6-5-8-17(10-15)12-23-19-11-18(13-22-14-19)21(25)24-20-9-4-3-7-16(20)2/h3-11,13-14,23H,12H2,1-2H3,(H,24,25). The molecule has 1 amide bonds. The average molecular weight is 331 g/mol. The van der Waals surface area contributed by atoms with E-state index in [1.165, 1.54) is 11.1 Å². The molecule has 0 atom stereocenters. The van der Waals surface area contributed by atoms with Crippen molar-refractivity contribution in [3.63, 3.8) is 0 Å².